The summed E-state index contributed by atoms with van der Waals surface area (Å²) >= 11 is 0. The molecule has 4 aromatic rings. The van der Waals surface area contributed by atoms with Gasteiger partial charge in [0.25, 0.3) is 0 Å². The lowest BCUT2D eigenvalue weighted by atomic mass is 10.1. The van der Waals surface area contributed by atoms with Crippen LogP contribution in [-0.4, -0.2) is 29.9 Å². The van der Waals surface area contributed by atoms with E-state index in [-0.39, 0.29) is 6.54 Å². The number of H-pyrrole nitrogens is 1. The van der Waals surface area contributed by atoms with E-state index >= 15 is 0 Å². The summed E-state index contributed by atoms with van der Waals surface area (Å²) in [5, 5.41) is 10.8. The highest BCUT2D eigenvalue weighted by Gasteiger charge is 2.11. The van der Waals surface area contributed by atoms with E-state index in [0.29, 0.717) is 17.0 Å². The second-order valence-electron chi connectivity index (χ2n) is 5.85. The molecule has 0 amide bonds. The van der Waals surface area contributed by atoms with Crippen molar-refractivity contribution in [3.63, 3.8) is 0 Å². The van der Waals surface area contributed by atoms with E-state index in [1.165, 1.54) is 12.1 Å². The molecule has 0 aliphatic heterocycles. The van der Waals surface area contributed by atoms with E-state index in [2.05, 4.69) is 25.4 Å². The van der Waals surface area contributed by atoms with Gasteiger partial charge in [-0.25, -0.2) is 13.8 Å². The molecular formula is C18H14F2N6. The average molecular weight is 352 g/mol. The molecule has 130 valence electrons. The number of benzene rings is 1. The topological polar surface area (TPSA) is 72.3 Å². The Morgan fingerprint density at radius 1 is 1.04 bits per heavy atom. The summed E-state index contributed by atoms with van der Waals surface area (Å²) in [5.41, 5.74) is 4.12. The van der Waals surface area contributed by atoms with Crippen LogP contribution < -0.4 is 0 Å². The Labute approximate surface area is 147 Å². The largest absolute Gasteiger partial charge is 0.332 e. The molecule has 0 fully saturated rings. The maximum Gasteiger partial charge on any atom is 0.131 e. The van der Waals surface area contributed by atoms with Crippen LogP contribution in [0.2, 0.25) is 0 Å². The van der Waals surface area contributed by atoms with E-state index < -0.39 is 11.6 Å². The average Bonchev–Trinajstić information content (AvgIpc) is 3.27. The van der Waals surface area contributed by atoms with Crippen molar-refractivity contribution < 1.29 is 8.78 Å². The number of rotatable bonds is 4. The SMILES string of the molecule is Cc1n[nH]nc1-c1ccnc(-c2cn(Cc3ccc(F)cc3F)cn2)c1. The van der Waals surface area contributed by atoms with Gasteiger partial charge in [0.15, 0.2) is 0 Å². The summed E-state index contributed by atoms with van der Waals surface area (Å²) in [5.74, 6) is -1.18. The number of nitrogens with zero attached hydrogens (tertiary/aromatic N) is 5. The summed E-state index contributed by atoms with van der Waals surface area (Å²) in [7, 11) is 0. The van der Waals surface area contributed by atoms with Gasteiger partial charge in [0.1, 0.15) is 23.0 Å². The van der Waals surface area contributed by atoms with Crippen LogP contribution >= 0.6 is 0 Å². The fraction of sp³-hybridized carbons (Fsp3) is 0.111. The Balaban J connectivity index is 1.61. The quantitative estimate of drug-likeness (QED) is 0.611. The third kappa shape index (κ3) is 3.08. The van der Waals surface area contributed by atoms with Gasteiger partial charge in [-0.1, -0.05) is 6.07 Å². The third-order valence-electron chi connectivity index (χ3n) is 4.02. The van der Waals surface area contributed by atoms with Gasteiger partial charge in [-0.05, 0) is 25.1 Å². The van der Waals surface area contributed by atoms with Crippen molar-refractivity contribution in [3.8, 4) is 22.6 Å². The summed E-state index contributed by atoms with van der Waals surface area (Å²) in [6.07, 6.45) is 5.04. The van der Waals surface area contributed by atoms with Gasteiger partial charge in [-0.2, -0.15) is 15.4 Å². The molecule has 0 aliphatic carbocycles. The highest BCUT2D eigenvalue weighted by Crippen LogP contribution is 2.23. The maximum absolute atomic E-state index is 13.8. The zero-order valence-electron chi connectivity index (χ0n) is 13.8. The normalized spacial score (nSPS) is 11.0. The Bertz CT molecular complexity index is 1070. The molecule has 3 heterocycles. The number of aromatic nitrogens is 6. The van der Waals surface area contributed by atoms with Gasteiger partial charge in [0.2, 0.25) is 0 Å². The second-order valence-corrected chi connectivity index (χ2v) is 5.85. The van der Waals surface area contributed by atoms with Crippen LogP contribution in [0.15, 0.2) is 49.1 Å². The van der Waals surface area contributed by atoms with Gasteiger partial charge < -0.3 is 4.57 Å². The van der Waals surface area contributed by atoms with E-state index in [4.69, 9.17) is 0 Å². The van der Waals surface area contributed by atoms with Crippen molar-refractivity contribution >= 4 is 0 Å². The van der Waals surface area contributed by atoms with Crippen LogP contribution in [0.25, 0.3) is 22.6 Å². The summed E-state index contributed by atoms with van der Waals surface area (Å²) in [6.45, 7) is 2.12. The van der Waals surface area contributed by atoms with Crippen molar-refractivity contribution in [1.29, 1.82) is 0 Å². The monoisotopic (exact) mass is 352 g/mol. The van der Waals surface area contributed by atoms with Crippen molar-refractivity contribution in [2.75, 3.05) is 0 Å². The van der Waals surface area contributed by atoms with Crippen LogP contribution in [0.5, 0.6) is 0 Å². The van der Waals surface area contributed by atoms with E-state index in [9.17, 15) is 8.78 Å². The number of pyridine rings is 1. The number of aromatic amines is 1. The van der Waals surface area contributed by atoms with Gasteiger partial charge in [0.05, 0.1) is 24.3 Å². The highest BCUT2D eigenvalue weighted by atomic mass is 19.1. The molecule has 0 bridgehead atoms. The molecule has 26 heavy (non-hydrogen) atoms. The van der Waals surface area contributed by atoms with Gasteiger partial charge in [0, 0.05) is 29.6 Å². The molecule has 1 N–H and O–H groups in total. The predicted molar refractivity (Wildman–Crippen MR) is 91.0 cm³/mol. The minimum Gasteiger partial charge on any atom is -0.332 e. The lowest BCUT2D eigenvalue weighted by Gasteiger charge is -2.04. The minimum atomic E-state index is -0.596. The first-order valence-electron chi connectivity index (χ1n) is 7.90. The number of hydrogen-bond donors (Lipinski definition) is 1. The standard InChI is InChI=1S/C18H14F2N6/c1-11-18(24-25-23-11)12-4-5-21-16(6-12)17-9-26(10-22-17)8-13-2-3-14(19)7-15(13)20/h2-7,9-10H,8H2,1H3,(H,23,24,25). The number of hydrogen-bond acceptors (Lipinski definition) is 4. The van der Waals surface area contributed by atoms with Crippen molar-refractivity contribution in [2.24, 2.45) is 0 Å². The number of aryl methyl sites for hydroxylation is 1. The Morgan fingerprint density at radius 2 is 1.92 bits per heavy atom. The first kappa shape index (κ1) is 16.1. The van der Waals surface area contributed by atoms with Crippen LogP contribution in [0.1, 0.15) is 11.3 Å². The summed E-state index contributed by atoms with van der Waals surface area (Å²) < 4.78 is 28.6. The van der Waals surface area contributed by atoms with E-state index in [1.807, 2.05) is 19.1 Å². The minimum absolute atomic E-state index is 0.251. The molecule has 0 atom stereocenters. The molecule has 0 saturated carbocycles. The zero-order valence-corrected chi connectivity index (χ0v) is 13.8. The first-order valence-corrected chi connectivity index (χ1v) is 7.90. The van der Waals surface area contributed by atoms with Crippen molar-refractivity contribution in [1.82, 2.24) is 29.9 Å². The van der Waals surface area contributed by atoms with E-state index in [1.54, 1.807) is 23.3 Å². The van der Waals surface area contributed by atoms with Crippen LogP contribution in [0.3, 0.4) is 0 Å². The predicted octanol–water partition coefficient (Wildman–Crippen LogP) is 3.37. The lowest BCUT2D eigenvalue weighted by molar-refractivity contribution is 0.566. The van der Waals surface area contributed by atoms with Gasteiger partial charge >= 0.3 is 0 Å². The Kier molecular flexibility index (Phi) is 4.00. The fourth-order valence-electron chi connectivity index (χ4n) is 2.70. The summed E-state index contributed by atoms with van der Waals surface area (Å²) in [4.78, 5) is 8.68. The van der Waals surface area contributed by atoms with Crippen LogP contribution in [0.4, 0.5) is 8.78 Å². The number of halogens is 2. The van der Waals surface area contributed by atoms with Crippen molar-refractivity contribution in [2.45, 2.75) is 13.5 Å². The smallest absolute Gasteiger partial charge is 0.131 e. The lowest BCUT2D eigenvalue weighted by Crippen LogP contribution is -1.99. The number of imidazole rings is 1. The third-order valence-corrected chi connectivity index (χ3v) is 4.02. The maximum atomic E-state index is 13.8. The molecule has 0 spiro atoms. The van der Waals surface area contributed by atoms with Crippen LogP contribution in [-0.2, 0) is 6.54 Å². The molecule has 4 rings (SSSR count). The fourth-order valence-corrected chi connectivity index (χ4v) is 2.70. The van der Waals surface area contributed by atoms with Gasteiger partial charge in [-0.3, -0.25) is 4.98 Å². The number of nitrogens with one attached hydrogen (secondary N) is 1. The zero-order chi connectivity index (χ0) is 18.1. The van der Waals surface area contributed by atoms with E-state index in [0.717, 1.165) is 23.0 Å². The molecule has 3 aromatic heterocycles. The van der Waals surface area contributed by atoms with Gasteiger partial charge in [-0.15, -0.1) is 0 Å². The molecule has 6 nitrogen and oxygen atoms in total. The molecular weight excluding hydrogens is 338 g/mol. The Hall–Kier alpha value is -3.42. The van der Waals surface area contributed by atoms with Crippen molar-refractivity contribution in [3.05, 3.63) is 71.9 Å². The molecule has 0 saturated heterocycles. The molecule has 0 radical (unpaired) electrons. The Morgan fingerprint density at radius 3 is 2.69 bits per heavy atom. The molecule has 0 unspecified atom stereocenters. The molecule has 8 heteroatoms. The molecule has 0 aliphatic rings. The molecule has 1 aromatic carbocycles. The summed E-state index contributed by atoms with van der Waals surface area (Å²) in [6, 6.07) is 7.26. The highest BCUT2D eigenvalue weighted by molar-refractivity contribution is 5.67. The first-order chi connectivity index (χ1) is 12.6. The van der Waals surface area contributed by atoms with Crippen LogP contribution in [0, 0.1) is 18.6 Å². The second kappa shape index (κ2) is 6.47.